The number of carbonyl (C=O) groups excluding carboxylic acids is 1. The zero-order valence-corrected chi connectivity index (χ0v) is 17.3. The summed E-state index contributed by atoms with van der Waals surface area (Å²) in [5, 5.41) is 11.7. The van der Waals surface area contributed by atoms with Gasteiger partial charge in [0.1, 0.15) is 5.52 Å². The predicted octanol–water partition coefficient (Wildman–Crippen LogP) is 3.18. The number of fused-ring (bicyclic) bond motifs is 1. The van der Waals surface area contributed by atoms with Crippen molar-refractivity contribution < 1.29 is 19.2 Å². The maximum absolute atomic E-state index is 12.7. The van der Waals surface area contributed by atoms with Gasteiger partial charge in [0.15, 0.2) is 16.6 Å². The van der Waals surface area contributed by atoms with E-state index >= 15 is 0 Å². The Bertz CT molecular complexity index is 1090. The second-order valence-electron chi connectivity index (χ2n) is 6.73. The van der Waals surface area contributed by atoms with Gasteiger partial charge in [-0.1, -0.05) is 11.3 Å². The summed E-state index contributed by atoms with van der Waals surface area (Å²) in [6, 6.07) is 9.54. The lowest BCUT2D eigenvalue weighted by Gasteiger charge is -2.34. The molecular formula is C20H20N4O5S. The van der Waals surface area contributed by atoms with Crippen LogP contribution in [0.1, 0.15) is 10.4 Å². The summed E-state index contributed by atoms with van der Waals surface area (Å²) in [7, 11) is 3.19. The van der Waals surface area contributed by atoms with Gasteiger partial charge in [-0.2, -0.15) is 0 Å². The minimum absolute atomic E-state index is 0.0285. The fourth-order valence-corrected chi connectivity index (χ4v) is 4.46. The molecule has 156 valence electrons. The SMILES string of the molecule is COc1ccc2sc(N3CCN(C(=O)c4ccc([N+](=O)[O-])cc4)CC3)nc2c1OC. The summed E-state index contributed by atoms with van der Waals surface area (Å²) in [4.78, 5) is 31.7. The Morgan fingerprint density at radius 2 is 1.77 bits per heavy atom. The maximum Gasteiger partial charge on any atom is 0.269 e. The summed E-state index contributed by atoms with van der Waals surface area (Å²) in [5.41, 5.74) is 1.19. The van der Waals surface area contributed by atoms with E-state index in [1.54, 1.807) is 30.5 Å². The van der Waals surface area contributed by atoms with Gasteiger partial charge in [-0.15, -0.1) is 0 Å². The molecule has 1 saturated heterocycles. The molecule has 3 aromatic rings. The van der Waals surface area contributed by atoms with Gasteiger partial charge in [0, 0.05) is 43.9 Å². The zero-order valence-electron chi connectivity index (χ0n) is 16.5. The van der Waals surface area contributed by atoms with E-state index in [1.165, 1.54) is 24.3 Å². The van der Waals surface area contributed by atoms with Gasteiger partial charge < -0.3 is 19.3 Å². The first kappa shape index (κ1) is 19.9. The molecule has 0 N–H and O–H groups in total. The van der Waals surface area contributed by atoms with Crippen molar-refractivity contribution in [1.29, 1.82) is 0 Å². The summed E-state index contributed by atoms with van der Waals surface area (Å²) < 4.78 is 11.8. The van der Waals surface area contributed by atoms with Crippen LogP contribution < -0.4 is 14.4 Å². The van der Waals surface area contributed by atoms with Gasteiger partial charge in [0.05, 0.1) is 23.8 Å². The van der Waals surface area contributed by atoms with E-state index in [2.05, 4.69) is 4.90 Å². The average molecular weight is 428 g/mol. The Morgan fingerprint density at radius 1 is 1.07 bits per heavy atom. The Hall–Kier alpha value is -3.40. The first-order valence-electron chi connectivity index (χ1n) is 9.32. The van der Waals surface area contributed by atoms with Crippen molar-refractivity contribution in [3.05, 3.63) is 52.1 Å². The van der Waals surface area contributed by atoms with Gasteiger partial charge in [-0.05, 0) is 24.3 Å². The molecular weight excluding hydrogens is 408 g/mol. The summed E-state index contributed by atoms with van der Waals surface area (Å²) >= 11 is 1.57. The summed E-state index contributed by atoms with van der Waals surface area (Å²) in [5.74, 6) is 1.13. The number of piperazine rings is 1. The number of aromatic nitrogens is 1. The van der Waals surface area contributed by atoms with Gasteiger partial charge in [-0.25, -0.2) is 4.98 Å². The number of non-ortho nitro benzene ring substituents is 1. The van der Waals surface area contributed by atoms with E-state index in [4.69, 9.17) is 14.5 Å². The molecule has 2 aromatic carbocycles. The molecule has 0 saturated carbocycles. The normalized spacial score (nSPS) is 14.1. The predicted molar refractivity (Wildman–Crippen MR) is 114 cm³/mol. The van der Waals surface area contributed by atoms with Crippen LogP contribution in [-0.2, 0) is 0 Å². The highest BCUT2D eigenvalue weighted by Gasteiger charge is 2.25. The summed E-state index contributed by atoms with van der Waals surface area (Å²) in [6.45, 7) is 2.40. The number of anilines is 1. The third-order valence-corrected chi connectivity index (χ3v) is 6.13. The van der Waals surface area contributed by atoms with Gasteiger partial charge in [0.2, 0.25) is 0 Å². The fourth-order valence-electron chi connectivity index (χ4n) is 3.44. The first-order valence-corrected chi connectivity index (χ1v) is 10.1. The number of amides is 1. The smallest absolute Gasteiger partial charge is 0.269 e. The molecule has 9 nitrogen and oxygen atoms in total. The Labute approximate surface area is 176 Å². The monoisotopic (exact) mass is 428 g/mol. The van der Waals surface area contributed by atoms with Gasteiger partial charge >= 0.3 is 0 Å². The Morgan fingerprint density at radius 3 is 2.37 bits per heavy atom. The number of nitrogens with zero attached hydrogens (tertiary/aromatic N) is 4. The molecule has 4 rings (SSSR count). The van der Waals surface area contributed by atoms with E-state index < -0.39 is 4.92 Å². The van der Waals surface area contributed by atoms with E-state index in [-0.39, 0.29) is 11.6 Å². The third kappa shape index (κ3) is 3.61. The number of methoxy groups -OCH3 is 2. The molecule has 0 aliphatic carbocycles. The average Bonchev–Trinajstić information content (AvgIpc) is 3.22. The van der Waals surface area contributed by atoms with E-state index in [0.29, 0.717) is 43.2 Å². The number of hydrogen-bond acceptors (Lipinski definition) is 8. The second-order valence-corrected chi connectivity index (χ2v) is 7.74. The van der Waals surface area contributed by atoms with Crippen molar-refractivity contribution in [2.24, 2.45) is 0 Å². The lowest BCUT2D eigenvalue weighted by atomic mass is 10.1. The number of carbonyl (C=O) groups is 1. The number of thiazole rings is 1. The zero-order chi connectivity index (χ0) is 21.3. The number of hydrogen-bond donors (Lipinski definition) is 0. The van der Waals surface area contributed by atoms with E-state index in [9.17, 15) is 14.9 Å². The number of nitro benzene ring substituents is 1. The van der Waals surface area contributed by atoms with Crippen LogP contribution in [0, 0.1) is 10.1 Å². The lowest BCUT2D eigenvalue weighted by molar-refractivity contribution is -0.384. The summed E-state index contributed by atoms with van der Waals surface area (Å²) in [6.07, 6.45) is 0. The molecule has 0 radical (unpaired) electrons. The molecule has 2 heterocycles. The van der Waals surface area contributed by atoms with Crippen LogP contribution in [0.25, 0.3) is 10.2 Å². The molecule has 1 aliphatic heterocycles. The van der Waals surface area contributed by atoms with Crippen LogP contribution >= 0.6 is 11.3 Å². The van der Waals surface area contributed by atoms with Crippen LogP contribution in [0.4, 0.5) is 10.8 Å². The third-order valence-electron chi connectivity index (χ3n) is 5.05. The molecule has 0 atom stereocenters. The van der Waals surface area contributed by atoms with Crippen LogP contribution in [0.3, 0.4) is 0 Å². The largest absolute Gasteiger partial charge is 0.493 e. The molecule has 0 bridgehead atoms. The van der Waals surface area contributed by atoms with Crippen LogP contribution in [0.2, 0.25) is 0 Å². The van der Waals surface area contributed by atoms with Crippen molar-refractivity contribution in [3.63, 3.8) is 0 Å². The number of rotatable bonds is 5. The molecule has 1 aromatic heterocycles. The van der Waals surface area contributed by atoms with Crippen molar-refractivity contribution in [2.75, 3.05) is 45.3 Å². The molecule has 0 spiro atoms. The van der Waals surface area contributed by atoms with Crippen molar-refractivity contribution in [1.82, 2.24) is 9.88 Å². The molecule has 1 fully saturated rings. The molecule has 1 aliphatic rings. The van der Waals surface area contributed by atoms with Crippen molar-refractivity contribution in [2.45, 2.75) is 0 Å². The highest BCUT2D eigenvalue weighted by atomic mass is 32.1. The van der Waals surface area contributed by atoms with E-state index in [1.807, 2.05) is 12.1 Å². The van der Waals surface area contributed by atoms with E-state index in [0.717, 1.165) is 15.3 Å². The first-order chi connectivity index (χ1) is 14.5. The quantitative estimate of drug-likeness (QED) is 0.455. The van der Waals surface area contributed by atoms with Crippen LogP contribution in [-0.4, -0.2) is 61.1 Å². The molecule has 30 heavy (non-hydrogen) atoms. The maximum atomic E-state index is 12.7. The highest BCUT2D eigenvalue weighted by Crippen LogP contribution is 2.40. The number of benzene rings is 2. The van der Waals surface area contributed by atoms with Crippen LogP contribution in [0.5, 0.6) is 11.5 Å². The molecule has 1 amide bonds. The van der Waals surface area contributed by atoms with Crippen molar-refractivity contribution >= 4 is 38.3 Å². The minimum atomic E-state index is -0.477. The Kier molecular flexibility index (Phi) is 5.40. The van der Waals surface area contributed by atoms with Gasteiger partial charge in [-0.3, -0.25) is 14.9 Å². The minimum Gasteiger partial charge on any atom is -0.493 e. The lowest BCUT2D eigenvalue weighted by Crippen LogP contribution is -2.48. The standard InChI is InChI=1S/C20H20N4O5S/c1-28-15-7-8-16-17(18(15)29-2)21-20(30-16)23-11-9-22(10-12-23)19(25)13-3-5-14(6-4-13)24(26)27/h3-8H,9-12H2,1-2H3. The van der Waals surface area contributed by atoms with Gasteiger partial charge in [0.25, 0.3) is 11.6 Å². The van der Waals surface area contributed by atoms with Crippen LogP contribution in [0.15, 0.2) is 36.4 Å². The topological polar surface area (TPSA) is 98.0 Å². The second kappa shape index (κ2) is 8.15. The number of ether oxygens (including phenoxy) is 2. The number of nitro groups is 1. The Balaban J connectivity index is 1.46. The highest BCUT2D eigenvalue weighted by molar-refractivity contribution is 7.22. The molecule has 10 heteroatoms. The molecule has 0 unspecified atom stereocenters. The van der Waals surface area contributed by atoms with Crippen molar-refractivity contribution in [3.8, 4) is 11.5 Å². The fraction of sp³-hybridized carbons (Fsp3) is 0.300.